The van der Waals surface area contributed by atoms with Crippen molar-refractivity contribution in [3.8, 4) is 0 Å². The third-order valence-electron chi connectivity index (χ3n) is 4.27. The number of hydrogen-bond donors (Lipinski definition) is 2. The summed E-state index contributed by atoms with van der Waals surface area (Å²) in [4.78, 5) is 24.4. The summed E-state index contributed by atoms with van der Waals surface area (Å²) in [7, 11) is 0. The molecule has 0 fully saturated rings. The molecule has 2 aromatic carbocycles. The Balaban J connectivity index is 1.54. The predicted molar refractivity (Wildman–Crippen MR) is 115 cm³/mol. The molecule has 0 atom stereocenters. The van der Waals surface area contributed by atoms with Crippen molar-refractivity contribution in [1.82, 2.24) is 15.1 Å². The van der Waals surface area contributed by atoms with E-state index in [9.17, 15) is 9.59 Å². The van der Waals surface area contributed by atoms with Crippen LogP contribution in [0.15, 0.2) is 54.7 Å². The first kappa shape index (κ1) is 20.9. The van der Waals surface area contributed by atoms with Gasteiger partial charge < -0.3 is 10.6 Å². The topological polar surface area (TPSA) is 76.0 Å². The highest BCUT2D eigenvalue weighted by molar-refractivity contribution is 6.36. The zero-order chi connectivity index (χ0) is 20.8. The lowest BCUT2D eigenvalue weighted by Gasteiger charge is -2.11. The number of halogens is 2. The second kappa shape index (κ2) is 9.58. The molecule has 0 saturated heterocycles. The van der Waals surface area contributed by atoms with E-state index in [0.717, 1.165) is 11.1 Å². The molecule has 1 heterocycles. The molecule has 0 aliphatic carbocycles. The second-order valence-electron chi connectivity index (χ2n) is 6.50. The monoisotopic (exact) mass is 430 g/mol. The molecule has 8 heteroatoms. The molecule has 0 spiro atoms. The molecule has 0 aliphatic rings. The lowest BCUT2D eigenvalue weighted by atomic mass is 10.1. The average Bonchev–Trinajstić information content (AvgIpc) is 3.11. The first-order valence-corrected chi connectivity index (χ1v) is 9.79. The molecule has 6 nitrogen and oxygen atoms in total. The van der Waals surface area contributed by atoms with Crippen LogP contribution in [0.5, 0.6) is 0 Å². The standard InChI is InChI=1S/C21H20Cl2N4O2/c1-14-4-2-5-15(12-14)21(29)24-10-9-20(28)26-19-8-11-25-27(19)13-16-17(22)6-3-7-18(16)23/h2-8,11-12H,9-10,13H2,1H3,(H,24,29)(H,26,28). The van der Waals surface area contributed by atoms with Crippen molar-refractivity contribution in [2.45, 2.75) is 19.9 Å². The van der Waals surface area contributed by atoms with E-state index in [1.165, 1.54) is 0 Å². The number of nitrogens with zero attached hydrogens (tertiary/aromatic N) is 2. The van der Waals surface area contributed by atoms with Gasteiger partial charge in [0.05, 0.1) is 12.7 Å². The van der Waals surface area contributed by atoms with Gasteiger partial charge in [-0.1, -0.05) is 47.0 Å². The summed E-state index contributed by atoms with van der Waals surface area (Å²) in [6.45, 7) is 2.47. The van der Waals surface area contributed by atoms with Gasteiger partial charge in [-0.2, -0.15) is 5.10 Å². The Morgan fingerprint density at radius 3 is 2.52 bits per heavy atom. The lowest BCUT2D eigenvalue weighted by Crippen LogP contribution is -2.28. The van der Waals surface area contributed by atoms with Crippen molar-refractivity contribution < 1.29 is 9.59 Å². The van der Waals surface area contributed by atoms with E-state index in [1.807, 2.05) is 19.1 Å². The summed E-state index contributed by atoms with van der Waals surface area (Å²) in [5.41, 5.74) is 2.29. The van der Waals surface area contributed by atoms with E-state index in [0.29, 0.717) is 28.0 Å². The van der Waals surface area contributed by atoms with Crippen molar-refractivity contribution >= 4 is 40.8 Å². The van der Waals surface area contributed by atoms with E-state index < -0.39 is 0 Å². The van der Waals surface area contributed by atoms with Crippen molar-refractivity contribution in [3.05, 3.63) is 81.5 Å². The van der Waals surface area contributed by atoms with E-state index >= 15 is 0 Å². The molecular formula is C21H20Cl2N4O2. The fourth-order valence-electron chi connectivity index (χ4n) is 2.78. The molecule has 29 heavy (non-hydrogen) atoms. The molecule has 0 saturated carbocycles. The van der Waals surface area contributed by atoms with Gasteiger partial charge in [0, 0.05) is 40.2 Å². The zero-order valence-corrected chi connectivity index (χ0v) is 17.3. The maximum atomic E-state index is 12.3. The van der Waals surface area contributed by atoms with Crippen LogP contribution in [0.2, 0.25) is 10.0 Å². The summed E-state index contributed by atoms with van der Waals surface area (Å²) in [5.74, 6) is 0.0810. The van der Waals surface area contributed by atoms with Crippen LogP contribution in [0, 0.1) is 6.92 Å². The Labute approximate surface area is 178 Å². The van der Waals surface area contributed by atoms with Gasteiger partial charge in [0.2, 0.25) is 5.91 Å². The molecule has 0 radical (unpaired) electrons. The Bertz CT molecular complexity index is 1010. The molecule has 1 aromatic heterocycles. The largest absolute Gasteiger partial charge is 0.352 e. The summed E-state index contributed by atoms with van der Waals surface area (Å²) >= 11 is 12.4. The fraction of sp³-hybridized carbons (Fsp3) is 0.190. The van der Waals surface area contributed by atoms with Crippen LogP contribution in [0.1, 0.15) is 27.9 Å². The summed E-state index contributed by atoms with van der Waals surface area (Å²) < 4.78 is 1.61. The van der Waals surface area contributed by atoms with Crippen LogP contribution in [0.4, 0.5) is 5.82 Å². The van der Waals surface area contributed by atoms with Crippen LogP contribution >= 0.6 is 23.2 Å². The molecule has 0 aliphatic heterocycles. The van der Waals surface area contributed by atoms with Gasteiger partial charge in [-0.3, -0.25) is 9.59 Å². The molecule has 0 bridgehead atoms. The minimum absolute atomic E-state index is 0.135. The van der Waals surface area contributed by atoms with Gasteiger partial charge in [-0.15, -0.1) is 0 Å². The number of aryl methyl sites for hydroxylation is 1. The summed E-state index contributed by atoms with van der Waals surface area (Å²) in [6, 6.07) is 14.2. The highest BCUT2D eigenvalue weighted by Gasteiger charge is 2.12. The van der Waals surface area contributed by atoms with Crippen LogP contribution in [0.25, 0.3) is 0 Å². The fourth-order valence-corrected chi connectivity index (χ4v) is 3.30. The highest BCUT2D eigenvalue weighted by Crippen LogP contribution is 2.26. The number of amides is 2. The van der Waals surface area contributed by atoms with Crippen LogP contribution in [-0.4, -0.2) is 28.1 Å². The number of carbonyl (C=O) groups excluding carboxylic acids is 2. The first-order valence-electron chi connectivity index (χ1n) is 9.03. The maximum Gasteiger partial charge on any atom is 0.251 e. The molecule has 3 aromatic rings. The minimum Gasteiger partial charge on any atom is -0.352 e. The van der Waals surface area contributed by atoms with Crippen LogP contribution in [0.3, 0.4) is 0 Å². The molecule has 0 unspecified atom stereocenters. The Morgan fingerprint density at radius 2 is 1.79 bits per heavy atom. The van der Waals surface area contributed by atoms with Gasteiger partial charge in [-0.25, -0.2) is 4.68 Å². The SMILES string of the molecule is Cc1cccc(C(=O)NCCC(=O)Nc2ccnn2Cc2c(Cl)cccc2Cl)c1. The van der Waals surface area contributed by atoms with Gasteiger partial charge in [-0.05, 0) is 31.2 Å². The van der Waals surface area contributed by atoms with E-state index in [4.69, 9.17) is 23.2 Å². The normalized spacial score (nSPS) is 10.6. The van der Waals surface area contributed by atoms with Crippen molar-refractivity contribution in [2.24, 2.45) is 0 Å². The van der Waals surface area contributed by atoms with Gasteiger partial charge in [0.25, 0.3) is 5.91 Å². The van der Waals surface area contributed by atoms with Gasteiger partial charge >= 0.3 is 0 Å². The maximum absolute atomic E-state index is 12.3. The van der Waals surface area contributed by atoms with E-state index in [2.05, 4.69) is 15.7 Å². The zero-order valence-electron chi connectivity index (χ0n) is 15.8. The van der Waals surface area contributed by atoms with Crippen molar-refractivity contribution in [2.75, 3.05) is 11.9 Å². The first-order chi connectivity index (χ1) is 13.9. The molecule has 2 amide bonds. The smallest absolute Gasteiger partial charge is 0.251 e. The van der Waals surface area contributed by atoms with Crippen molar-refractivity contribution in [3.63, 3.8) is 0 Å². The van der Waals surface area contributed by atoms with Crippen molar-refractivity contribution in [1.29, 1.82) is 0 Å². The minimum atomic E-state index is -0.235. The summed E-state index contributed by atoms with van der Waals surface area (Å²) in [5, 5.41) is 10.8. The van der Waals surface area contributed by atoms with E-state index in [-0.39, 0.29) is 24.8 Å². The number of aromatic nitrogens is 2. The van der Waals surface area contributed by atoms with E-state index in [1.54, 1.807) is 47.3 Å². The Morgan fingerprint density at radius 1 is 1.07 bits per heavy atom. The number of nitrogens with one attached hydrogen (secondary N) is 2. The second-order valence-corrected chi connectivity index (χ2v) is 7.31. The quantitative estimate of drug-likeness (QED) is 0.586. The third-order valence-corrected chi connectivity index (χ3v) is 4.98. The van der Waals surface area contributed by atoms with Crippen LogP contribution in [-0.2, 0) is 11.3 Å². The average molecular weight is 431 g/mol. The number of anilines is 1. The molecule has 2 N–H and O–H groups in total. The van der Waals surface area contributed by atoms with Gasteiger partial charge in [0.1, 0.15) is 5.82 Å². The predicted octanol–water partition coefficient (Wildman–Crippen LogP) is 4.31. The lowest BCUT2D eigenvalue weighted by molar-refractivity contribution is -0.116. The summed E-state index contributed by atoms with van der Waals surface area (Å²) in [6.07, 6.45) is 1.72. The third kappa shape index (κ3) is 5.59. The molecular weight excluding hydrogens is 411 g/mol. The highest BCUT2D eigenvalue weighted by atomic mass is 35.5. The Kier molecular flexibility index (Phi) is 6.90. The number of hydrogen-bond acceptors (Lipinski definition) is 3. The Hall–Kier alpha value is -2.83. The van der Waals surface area contributed by atoms with Gasteiger partial charge in [0.15, 0.2) is 0 Å². The number of rotatable bonds is 7. The molecule has 150 valence electrons. The molecule has 3 rings (SSSR count). The van der Waals surface area contributed by atoms with Crippen LogP contribution < -0.4 is 10.6 Å². The number of benzene rings is 2. The number of carbonyl (C=O) groups is 2.